The van der Waals surface area contributed by atoms with Crippen LogP contribution in [0.5, 0.6) is 0 Å². The molecule has 2 aromatic heterocycles. The van der Waals surface area contributed by atoms with Crippen LogP contribution < -0.4 is 10.9 Å². The first kappa shape index (κ1) is 20.2. The van der Waals surface area contributed by atoms with Crippen molar-refractivity contribution in [2.24, 2.45) is 0 Å². The summed E-state index contributed by atoms with van der Waals surface area (Å²) in [5.41, 5.74) is 1.42. The van der Waals surface area contributed by atoms with Gasteiger partial charge in [-0.15, -0.1) is 11.8 Å². The van der Waals surface area contributed by atoms with Gasteiger partial charge in [0.2, 0.25) is 5.91 Å². The van der Waals surface area contributed by atoms with Gasteiger partial charge in [-0.3, -0.25) is 14.2 Å². The molecular weight excluding hydrogens is 424 g/mol. The second-order valence-electron chi connectivity index (χ2n) is 6.46. The minimum atomic E-state index is -0.339. The molecule has 0 spiro atoms. The molecule has 7 nitrogen and oxygen atoms in total. The van der Waals surface area contributed by atoms with Crippen LogP contribution in [0.4, 0.5) is 5.69 Å². The van der Waals surface area contributed by atoms with Crippen LogP contribution in [0.3, 0.4) is 0 Å². The molecule has 4 rings (SSSR count). The van der Waals surface area contributed by atoms with Crippen molar-refractivity contribution >= 4 is 46.1 Å². The number of halogens is 1. The lowest BCUT2D eigenvalue weighted by atomic mass is 10.1. The third-order valence-corrected chi connectivity index (χ3v) is 5.58. The van der Waals surface area contributed by atoms with E-state index in [-0.39, 0.29) is 35.5 Å². The Bertz CT molecular complexity index is 1280. The predicted molar refractivity (Wildman–Crippen MR) is 118 cm³/mol. The lowest BCUT2D eigenvalue weighted by molar-refractivity contribution is -0.116. The summed E-state index contributed by atoms with van der Waals surface area (Å²) in [5, 5.41) is 7.51. The highest BCUT2D eigenvalue weighted by Crippen LogP contribution is 2.30. The monoisotopic (exact) mass is 440 g/mol. The first-order chi connectivity index (χ1) is 14.6. The molecule has 2 aromatic carbocycles. The molecule has 1 N–H and O–H groups in total. The summed E-state index contributed by atoms with van der Waals surface area (Å²) in [6.45, 7) is 0.170. The number of aromatic nitrogens is 3. The van der Waals surface area contributed by atoms with Crippen LogP contribution in [0.15, 0.2) is 69.1 Å². The van der Waals surface area contributed by atoms with E-state index in [0.29, 0.717) is 22.0 Å². The van der Waals surface area contributed by atoms with Gasteiger partial charge in [0.05, 0.1) is 5.02 Å². The highest BCUT2D eigenvalue weighted by Gasteiger charge is 2.19. The smallest absolute Gasteiger partial charge is 0.266 e. The molecule has 0 atom stereocenters. The van der Waals surface area contributed by atoms with E-state index in [4.69, 9.17) is 16.1 Å². The van der Waals surface area contributed by atoms with E-state index < -0.39 is 0 Å². The fraction of sp³-hybridized carbons (Fsp3) is 0.143. The maximum atomic E-state index is 13.0. The van der Waals surface area contributed by atoms with Gasteiger partial charge in [-0.25, -0.2) is 4.98 Å². The molecule has 0 fully saturated rings. The summed E-state index contributed by atoms with van der Waals surface area (Å²) in [7, 11) is 0. The summed E-state index contributed by atoms with van der Waals surface area (Å²) >= 11 is 7.84. The number of carbonyl (C=O) groups is 1. The van der Waals surface area contributed by atoms with E-state index in [1.54, 1.807) is 36.0 Å². The van der Waals surface area contributed by atoms with Crippen molar-refractivity contribution < 1.29 is 9.32 Å². The first-order valence-electron chi connectivity index (χ1n) is 9.10. The summed E-state index contributed by atoms with van der Waals surface area (Å²) < 4.78 is 6.58. The molecule has 0 bridgehead atoms. The minimum absolute atomic E-state index is 0.114. The number of benzene rings is 2. The third-order valence-electron chi connectivity index (χ3n) is 4.53. The molecule has 4 aromatic rings. The number of aryl methyl sites for hydroxylation is 1. The average Bonchev–Trinajstić information content (AvgIpc) is 3.18. The zero-order chi connectivity index (χ0) is 21.1. The van der Waals surface area contributed by atoms with E-state index in [1.165, 1.54) is 10.9 Å². The van der Waals surface area contributed by atoms with Gasteiger partial charge in [0.15, 0.2) is 0 Å². The highest BCUT2D eigenvalue weighted by molar-refractivity contribution is 7.98. The molecule has 0 aliphatic heterocycles. The van der Waals surface area contributed by atoms with E-state index in [9.17, 15) is 9.59 Å². The van der Waals surface area contributed by atoms with Gasteiger partial charge in [0.1, 0.15) is 17.4 Å². The second kappa shape index (κ2) is 8.73. The predicted octanol–water partition coefficient (Wildman–Crippen LogP) is 4.46. The van der Waals surface area contributed by atoms with Gasteiger partial charge in [-0.05, 0) is 30.5 Å². The molecule has 30 heavy (non-hydrogen) atoms. The Morgan fingerprint density at radius 3 is 2.87 bits per heavy atom. The zero-order valence-electron chi connectivity index (χ0n) is 16.0. The van der Waals surface area contributed by atoms with Crippen LogP contribution in [0.2, 0.25) is 5.02 Å². The number of hydrogen-bond acceptors (Lipinski definition) is 6. The lowest BCUT2D eigenvalue weighted by Gasteiger charge is -2.08. The van der Waals surface area contributed by atoms with Crippen LogP contribution in [-0.4, -0.2) is 26.9 Å². The normalized spacial score (nSPS) is 11.0. The largest absolute Gasteiger partial charge is 0.335 e. The van der Waals surface area contributed by atoms with E-state index in [0.717, 1.165) is 4.90 Å². The fourth-order valence-electron chi connectivity index (χ4n) is 3.02. The number of nitrogens with one attached hydrogen (secondary N) is 1. The van der Waals surface area contributed by atoms with Crippen molar-refractivity contribution in [3.05, 3.63) is 70.2 Å². The minimum Gasteiger partial charge on any atom is -0.335 e. The number of thioether (sulfide) groups is 1. The van der Waals surface area contributed by atoms with Gasteiger partial charge in [-0.2, -0.15) is 0 Å². The molecule has 0 saturated heterocycles. The van der Waals surface area contributed by atoms with Crippen molar-refractivity contribution in [2.45, 2.75) is 17.9 Å². The van der Waals surface area contributed by atoms with Crippen molar-refractivity contribution in [2.75, 3.05) is 11.6 Å². The highest BCUT2D eigenvalue weighted by atomic mass is 35.5. The third kappa shape index (κ3) is 4.10. The average molecular weight is 441 g/mol. The maximum absolute atomic E-state index is 13.0. The van der Waals surface area contributed by atoms with Crippen molar-refractivity contribution in [1.82, 2.24) is 14.7 Å². The maximum Gasteiger partial charge on any atom is 0.266 e. The summed E-state index contributed by atoms with van der Waals surface area (Å²) in [6, 6.07) is 14.6. The van der Waals surface area contributed by atoms with Gasteiger partial charge < -0.3 is 9.84 Å². The molecule has 0 aliphatic carbocycles. The van der Waals surface area contributed by atoms with Crippen LogP contribution in [0.25, 0.3) is 22.4 Å². The Morgan fingerprint density at radius 1 is 1.23 bits per heavy atom. The number of nitrogens with zero attached hydrogens (tertiary/aromatic N) is 3. The Balaban J connectivity index is 1.56. The van der Waals surface area contributed by atoms with Crippen LogP contribution >= 0.6 is 23.4 Å². The summed E-state index contributed by atoms with van der Waals surface area (Å²) in [4.78, 5) is 30.5. The molecule has 9 heteroatoms. The SMILES string of the molecule is CSc1cccc(NC(=O)CCn2cnc3onc(-c4ccccc4Cl)c3c2=O)c1. The van der Waals surface area contributed by atoms with E-state index >= 15 is 0 Å². The standard InChI is InChI=1S/C21H17ClN4O3S/c1-30-14-6-4-5-13(11-14)24-17(27)9-10-26-12-23-20-18(21(26)28)19(25-29-20)15-7-2-3-8-16(15)22/h2-8,11-12H,9-10H2,1H3,(H,24,27). The van der Waals surface area contributed by atoms with Crippen LogP contribution in [0, 0.1) is 0 Å². The lowest BCUT2D eigenvalue weighted by Crippen LogP contribution is -2.23. The number of fused-ring (bicyclic) bond motifs is 1. The molecule has 152 valence electrons. The number of hydrogen-bond donors (Lipinski definition) is 1. The van der Waals surface area contributed by atoms with Gasteiger partial charge >= 0.3 is 0 Å². The van der Waals surface area contributed by atoms with Gasteiger partial charge in [-0.1, -0.05) is 41.0 Å². The molecule has 2 heterocycles. The van der Waals surface area contributed by atoms with Crippen LogP contribution in [0.1, 0.15) is 6.42 Å². The number of anilines is 1. The van der Waals surface area contributed by atoms with Gasteiger partial charge in [0, 0.05) is 29.1 Å². The number of carbonyl (C=O) groups excluding carboxylic acids is 1. The molecular formula is C21H17ClN4O3S. The number of rotatable bonds is 6. The topological polar surface area (TPSA) is 90.0 Å². The number of amides is 1. The Morgan fingerprint density at radius 2 is 2.07 bits per heavy atom. The van der Waals surface area contributed by atoms with Crippen molar-refractivity contribution in [3.8, 4) is 11.3 Å². The molecule has 0 saturated carbocycles. The molecule has 0 radical (unpaired) electrons. The van der Waals surface area contributed by atoms with E-state index in [2.05, 4.69) is 15.5 Å². The van der Waals surface area contributed by atoms with Gasteiger partial charge in [0.25, 0.3) is 11.3 Å². The molecule has 0 aliphatic rings. The summed E-state index contributed by atoms with van der Waals surface area (Å²) in [5.74, 6) is -0.197. The Kier molecular flexibility index (Phi) is 5.87. The summed E-state index contributed by atoms with van der Waals surface area (Å²) in [6.07, 6.45) is 3.44. The van der Waals surface area contributed by atoms with Crippen molar-refractivity contribution in [1.29, 1.82) is 0 Å². The Hall–Kier alpha value is -3.10. The second-order valence-corrected chi connectivity index (χ2v) is 7.75. The first-order valence-corrected chi connectivity index (χ1v) is 10.7. The van der Waals surface area contributed by atoms with Crippen LogP contribution in [-0.2, 0) is 11.3 Å². The quantitative estimate of drug-likeness (QED) is 0.445. The van der Waals surface area contributed by atoms with E-state index in [1.807, 2.05) is 30.5 Å². The molecule has 0 unspecified atom stereocenters. The zero-order valence-corrected chi connectivity index (χ0v) is 17.5. The molecule has 1 amide bonds. The Labute approximate surface area is 181 Å². The fourth-order valence-corrected chi connectivity index (χ4v) is 3.71. The van der Waals surface area contributed by atoms with Crippen molar-refractivity contribution in [3.63, 3.8) is 0 Å².